The van der Waals surface area contributed by atoms with Crippen molar-refractivity contribution in [2.24, 2.45) is 7.05 Å². The Labute approximate surface area is 181 Å². The van der Waals surface area contributed by atoms with Gasteiger partial charge in [-0.05, 0) is 24.3 Å². The zero-order valence-corrected chi connectivity index (χ0v) is 17.0. The molecule has 0 saturated carbocycles. The van der Waals surface area contributed by atoms with E-state index in [-0.39, 0.29) is 0 Å². The number of carbonyl (C=O) groups is 1. The van der Waals surface area contributed by atoms with Gasteiger partial charge in [0.2, 0.25) is 5.91 Å². The summed E-state index contributed by atoms with van der Waals surface area (Å²) in [5, 5.41) is 6.60. The van der Waals surface area contributed by atoms with Gasteiger partial charge in [-0.1, -0.05) is 24.0 Å². The first-order chi connectivity index (χ1) is 15.3. The van der Waals surface area contributed by atoms with Crippen molar-refractivity contribution in [1.29, 1.82) is 0 Å². The van der Waals surface area contributed by atoms with Gasteiger partial charge in [-0.2, -0.15) is 18.3 Å². The minimum atomic E-state index is -4.36. The van der Waals surface area contributed by atoms with Gasteiger partial charge in [0.05, 0.1) is 30.1 Å². The first kappa shape index (κ1) is 21.2. The van der Waals surface area contributed by atoms with Crippen LogP contribution in [0.2, 0.25) is 0 Å². The number of fused-ring (bicyclic) bond motifs is 1. The molecule has 0 unspecified atom stereocenters. The average molecular weight is 437 g/mol. The van der Waals surface area contributed by atoms with Gasteiger partial charge in [0, 0.05) is 42.7 Å². The highest BCUT2D eigenvalue weighted by Crippen LogP contribution is 2.25. The van der Waals surface area contributed by atoms with Crippen molar-refractivity contribution in [1.82, 2.24) is 19.2 Å². The number of hydrogen-bond donors (Lipinski definition) is 1. The summed E-state index contributed by atoms with van der Waals surface area (Å²) in [7, 11) is 1.83. The number of imidazole rings is 1. The predicted octanol–water partition coefficient (Wildman–Crippen LogP) is 4.42. The number of aryl methyl sites for hydroxylation is 1. The third kappa shape index (κ3) is 5.16. The number of alkyl halides is 3. The lowest BCUT2D eigenvalue weighted by atomic mass is 10.1. The maximum atomic E-state index is 12.3. The molecule has 0 radical (unpaired) electrons. The topological polar surface area (TPSA) is 64.2 Å². The van der Waals surface area contributed by atoms with Crippen molar-refractivity contribution in [2.75, 3.05) is 5.32 Å². The van der Waals surface area contributed by atoms with E-state index >= 15 is 0 Å². The fourth-order valence-electron chi connectivity index (χ4n) is 3.14. The summed E-state index contributed by atoms with van der Waals surface area (Å²) in [4.78, 5) is 16.3. The molecule has 3 aromatic heterocycles. The molecule has 1 aromatic carbocycles. The third-order valence-corrected chi connectivity index (χ3v) is 4.65. The number of nitrogens with zero attached hydrogens (tertiary/aromatic N) is 4. The molecule has 3 heterocycles. The molecular weight excluding hydrogens is 419 g/mol. The van der Waals surface area contributed by atoms with Gasteiger partial charge in [-0.3, -0.25) is 13.9 Å². The van der Waals surface area contributed by atoms with Crippen LogP contribution in [0, 0.1) is 11.8 Å². The molecule has 0 aliphatic heterocycles. The van der Waals surface area contributed by atoms with E-state index in [9.17, 15) is 18.0 Å². The third-order valence-electron chi connectivity index (χ3n) is 4.65. The van der Waals surface area contributed by atoms with Crippen LogP contribution in [0.15, 0.2) is 61.2 Å². The molecule has 6 nitrogen and oxygen atoms in total. The van der Waals surface area contributed by atoms with Gasteiger partial charge in [0.25, 0.3) is 0 Å². The minimum Gasteiger partial charge on any atom is -0.326 e. The number of benzene rings is 1. The second-order valence-electron chi connectivity index (χ2n) is 7.18. The fourth-order valence-corrected chi connectivity index (χ4v) is 3.14. The predicted molar refractivity (Wildman–Crippen MR) is 114 cm³/mol. The number of anilines is 1. The second-order valence-corrected chi connectivity index (χ2v) is 7.18. The largest absolute Gasteiger partial charge is 0.389 e. The number of amides is 1. The van der Waals surface area contributed by atoms with E-state index in [1.165, 1.54) is 0 Å². The van der Waals surface area contributed by atoms with E-state index < -0.39 is 24.9 Å². The van der Waals surface area contributed by atoms with Crippen molar-refractivity contribution in [3.63, 3.8) is 0 Å². The number of rotatable bonds is 4. The quantitative estimate of drug-likeness (QED) is 0.481. The van der Waals surface area contributed by atoms with Crippen molar-refractivity contribution >= 4 is 17.2 Å². The molecule has 4 aromatic rings. The number of halogens is 3. The van der Waals surface area contributed by atoms with Crippen molar-refractivity contribution in [3.05, 3.63) is 72.3 Å². The molecule has 0 aliphatic rings. The highest BCUT2D eigenvalue weighted by atomic mass is 19.4. The van der Waals surface area contributed by atoms with Crippen LogP contribution in [0.3, 0.4) is 0 Å². The van der Waals surface area contributed by atoms with Gasteiger partial charge in [-0.25, -0.2) is 4.98 Å². The Hall–Kier alpha value is -4.06. The standard InChI is InChI=1S/C23H18F3N5O/c1-30-15-17(13-28-30)6-5-16-8-10-31-20(14-27-21(31)11-16)18-3-2-4-19(12-18)29-22(32)7-9-23(24,25)26/h2-4,8,10-15H,7,9H2,1H3,(H,29,32). The Bertz CT molecular complexity index is 1340. The summed E-state index contributed by atoms with van der Waals surface area (Å²) in [5.74, 6) is 5.45. The monoisotopic (exact) mass is 437 g/mol. The molecule has 0 saturated heterocycles. The van der Waals surface area contributed by atoms with Gasteiger partial charge >= 0.3 is 6.18 Å². The number of hydrogen-bond acceptors (Lipinski definition) is 3. The highest BCUT2D eigenvalue weighted by Gasteiger charge is 2.27. The smallest absolute Gasteiger partial charge is 0.326 e. The Morgan fingerprint density at radius 3 is 2.69 bits per heavy atom. The summed E-state index contributed by atoms with van der Waals surface area (Å²) in [5.41, 5.74) is 4.26. The summed E-state index contributed by atoms with van der Waals surface area (Å²) < 4.78 is 40.5. The first-order valence-corrected chi connectivity index (χ1v) is 9.72. The number of nitrogens with one attached hydrogen (secondary N) is 1. The second kappa shape index (κ2) is 8.59. The van der Waals surface area contributed by atoms with Crippen LogP contribution in [0.5, 0.6) is 0 Å². The van der Waals surface area contributed by atoms with E-state index in [1.807, 2.05) is 42.0 Å². The van der Waals surface area contributed by atoms with Gasteiger partial charge in [-0.15, -0.1) is 0 Å². The van der Waals surface area contributed by atoms with Gasteiger partial charge < -0.3 is 5.32 Å². The van der Waals surface area contributed by atoms with Crippen LogP contribution < -0.4 is 5.32 Å². The molecule has 0 aliphatic carbocycles. The fraction of sp³-hybridized carbons (Fsp3) is 0.174. The highest BCUT2D eigenvalue weighted by molar-refractivity contribution is 5.91. The maximum Gasteiger partial charge on any atom is 0.389 e. The summed E-state index contributed by atoms with van der Waals surface area (Å²) in [6.07, 6.45) is 0.917. The summed E-state index contributed by atoms with van der Waals surface area (Å²) in [6.45, 7) is 0. The normalized spacial score (nSPS) is 11.2. The van der Waals surface area contributed by atoms with E-state index in [1.54, 1.807) is 35.3 Å². The lowest BCUT2D eigenvalue weighted by Gasteiger charge is -2.09. The Balaban J connectivity index is 1.53. The molecule has 162 valence electrons. The molecular formula is C23H18F3N5O. The van der Waals surface area contributed by atoms with Crippen LogP contribution in [0.4, 0.5) is 18.9 Å². The number of aromatic nitrogens is 4. The molecule has 1 amide bonds. The van der Waals surface area contributed by atoms with Crippen LogP contribution in [-0.2, 0) is 11.8 Å². The van der Waals surface area contributed by atoms with E-state index in [4.69, 9.17) is 0 Å². The number of pyridine rings is 1. The Morgan fingerprint density at radius 2 is 1.94 bits per heavy atom. The summed E-state index contributed by atoms with van der Waals surface area (Å²) in [6, 6.07) is 10.6. The molecule has 32 heavy (non-hydrogen) atoms. The van der Waals surface area contributed by atoms with E-state index in [2.05, 4.69) is 27.2 Å². The Morgan fingerprint density at radius 1 is 1.12 bits per heavy atom. The zero-order chi connectivity index (χ0) is 22.7. The van der Waals surface area contributed by atoms with Crippen molar-refractivity contribution in [3.8, 4) is 23.1 Å². The van der Waals surface area contributed by atoms with Crippen molar-refractivity contribution in [2.45, 2.75) is 19.0 Å². The lowest BCUT2D eigenvalue weighted by molar-refractivity contribution is -0.142. The van der Waals surface area contributed by atoms with Crippen LogP contribution in [0.25, 0.3) is 16.9 Å². The molecule has 4 rings (SSSR count). The molecule has 9 heteroatoms. The van der Waals surface area contributed by atoms with E-state index in [0.717, 1.165) is 22.4 Å². The number of carbonyl (C=O) groups excluding carboxylic acids is 1. The SMILES string of the molecule is Cn1cc(C#Cc2ccn3c(-c4cccc(NC(=O)CCC(F)(F)F)c4)cnc3c2)cn1. The van der Waals surface area contributed by atoms with Crippen LogP contribution in [0.1, 0.15) is 24.0 Å². The van der Waals surface area contributed by atoms with Crippen molar-refractivity contribution < 1.29 is 18.0 Å². The van der Waals surface area contributed by atoms with Crippen LogP contribution in [-0.4, -0.2) is 31.2 Å². The van der Waals surface area contributed by atoms with Gasteiger partial charge in [0.15, 0.2) is 0 Å². The molecule has 0 atom stereocenters. The van der Waals surface area contributed by atoms with Crippen LogP contribution >= 0.6 is 0 Å². The molecule has 0 fully saturated rings. The first-order valence-electron chi connectivity index (χ1n) is 9.72. The average Bonchev–Trinajstić information content (AvgIpc) is 3.36. The summed E-state index contributed by atoms with van der Waals surface area (Å²) >= 11 is 0. The minimum absolute atomic E-state index is 0.420. The molecule has 0 spiro atoms. The zero-order valence-electron chi connectivity index (χ0n) is 17.0. The van der Waals surface area contributed by atoms with E-state index in [0.29, 0.717) is 11.3 Å². The maximum absolute atomic E-state index is 12.3. The molecule has 1 N–H and O–H groups in total. The Kier molecular flexibility index (Phi) is 5.69. The lowest BCUT2D eigenvalue weighted by Crippen LogP contribution is -2.16. The van der Waals surface area contributed by atoms with Gasteiger partial charge in [0.1, 0.15) is 5.65 Å². The molecule has 0 bridgehead atoms.